The van der Waals surface area contributed by atoms with Gasteiger partial charge in [-0.2, -0.15) is 0 Å². The Morgan fingerprint density at radius 3 is 2.56 bits per heavy atom. The molecular weight excluding hydrogens is 202 g/mol. The van der Waals surface area contributed by atoms with Crippen LogP contribution in [0, 0.1) is 0 Å². The minimum atomic E-state index is -0.00412. The summed E-state index contributed by atoms with van der Waals surface area (Å²) in [5.41, 5.74) is 3.17. The fourth-order valence-corrected chi connectivity index (χ4v) is 2.09. The monoisotopic (exact) mass is 211 g/mol. The first kappa shape index (κ1) is 9.09. The van der Waals surface area contributed by atoms with E-state index in [-0.39, 0.29) is 5.78 Å². The van der Waals surface area contributed by atoms with Gasteiger partial charge in [0.25, 0.3) is 0 Å². The number of aromatic nitrogens is 1. The third-order valence-corrected chi connectivity index (χ3v) is 2.80. The Morgan fingerprint density at radius 2 is 1.81 bits per heavy atom. The molecule has 0 aliphatic heterocycles. The SMILES string of the molecule is COc1nccc2c1C(=O)c1ccccc1-2. The zero-order valence-electron chi connectivity index (χ0n) is 8.73. The second kappa shape index (κ2) is 3.17. The lowest BCUT2D eigenvalue weighted by Gasteiger charge is -2.03. The molecule has 3 rings (SSSR count). The highest BCUT2D eigenvalue weighted by Crippen LogP contribution is 2.39. The van der Waals surface area contributed by atoms with E-state index < -0.39 is 0 Å². The van der Waals surface area contributed by atoms with Crippen molar-refractivity contribution in [2.24, 2.45) is 0 Å². The van der Waals surface area contributed by atoms with E-state index in [1.165, 1.54) is 7.11 Å². The highest BCUT2D eigenvalue weighted by Gasteiger charge is 2.29. The van der Waals surface area contributed by atoms with E-state index in [1.54, 1.807) is 6.20 Å². The quantitative estimate of drug-likeness (QED) is 0.620. The highest BCUT2D eigenvalue weighted by atomic mass is 16.5. The fourth-order valence-electron chi connectivity index (χ4n) is 2.09. The van der Waals surface area contributed by atoms with Crippen LogP contribution in [0.1, 0.15) is 15.9 Å². The predicted octanol–water partition coefficient (Wildman–Crippen LogP) is 2.30. The molecule has 0 N–H and O–H groups in total. The third-order valence-electron chi connectivity index (χ3n) is 2.80. The van der Waals surface area contributed by atoms with Gasteiger partial charge in [-0.05, 0) is 11.6 Å². The van der Waals surface area contributed by atoms with Crippen LogP contribution in [0.2, 0.25) is 0 Å². The standard InChI is InChI=1S/C13H9NO2/c1-16-13-11-9(6-7-14-13)8-4-2-3-5-10(8)12(11)15/h2-7H,1H3. The molecule has 78 valence electrons. The third kappa shape index (κ3) is 1.03. The Hall–Kier alpha value is -2.16. The van der Waals surface area contributed by atoms with Gasteiger partial charge in [-0.25, -0.2) is 4.98 Å². The van der Waals surface area contributed by atoms with Crippen molar-refractivity contribution in [1.82, 2.24) is 4.98 Å². The zero-order valence-corrected chi connectivity index (χ0v) is 8.73. The molecule has 1 aliphatic carbocycles. The molecule has 0 amide bonds. The number of carbonyl (C=O) groups is 1. The van der Waals surface area contributed by atoms with Crippen molar-refractivity contribution in [2.45, 2.75) is 0 Å². The van der Waals surface area contributed by atoms with E-state index in [0.29, 0.717) is 11.4 Å². The molecule has 0 fully saturated rings. The molecule has 0 saturated heterocycles. The van der Waals surface area contributed by atoms with Gasteiger partial charge in [-0.15, -0.1) is 0 Å². The normalized spacial score (nSPS) is 12.2. The van der Waals surface area contributed by atoms with Crippen molar-refractivity contribution < 1.29 is 9.53 Å². The van der Waals surface area contributed by atoms with Crippen molar-refractivity contribution in [2.75, 3.05) is 7.11 Å². The van der Waals surface area contributed by atoms with Gasteiger partial charge < -0.3 is 4.74 Å². The van der Waals surface area contributed by atoms with E-state index in [2.05, 4.69) is 4.98 Å². The number of carbonyl (C=O) groups excluding carboxylic acids is 1. The molecule has 0 saturated carbocycles. The Morgan fingerprint density at radius 1 is 1.06 bits per heavy atom. The largest absolute Gasteiger partial charge is 0.480 e. The Labute approximate surface area is 92.7 Å². The molecule has 3 heteroatoms. The summed E-state index contributed by atoms with van der Waals surface area (Å²) in [5.74, 6) is 0.397. The molecule has 16 heavy (non-hydrogen) atoms. The number of hydrogen-bond acceptors (Lipinski definition) is 3. The van der Waals surface area contributed by atoms with Gasteiger partial charge in [0.2, 0.25) is 5.88 Å². The van der Waals surface area contributed by atoms with E-state index in [9.17, 15) is 4.79 Å². The number of rotatable bonds is 1. The maximum atomic E-state index is 12.1. The molecule has 1 aromatic heterocycles. The molecule has 0 bridgehead atoms. The lowest BCUT2D eigenvalue weighted by atomic mass is 10.1. The molecule has 1 aliphatic rings. The second-order valence-electron chi connectivity index (χ2n) is 3.62. The van der Waals surface area contributed by atoms with E-state index in [1.807, 2.05) is 30.3 Å². The van der Waals surface area contributed by atoms with Gasteiger partial charge >= 0.3 is 0 Å². The van der Waals surface area contributed by atoms with Crippen molar-refractivity contribution >= 4 is 5.78 Å². The van der Waals surface area contributed by atoms with E-state index in [0.717, 1.165) is 16.7 Å². The number of benzene rings is 1. The number of ketones is 1. The zero-order chi connectivity index (χ0) is 11.1. The van der Waals surface area contributed by atoms with Crippen LogP contribution in [-0.4, -0.2) is 17.9 Å². The summed E-state index contributed by atoms with van der Waals surface area (Å²) < 4.78 is 5.13. The minimum Gasteiger partial charge on any atom is -0.480 e. The van der Waals surface area contributed by atoms with E-state index >= 15 is 0 Å². The van der Waals surface area contributed by atoms with Gasteiger partial charge in [0, 0.05) is 17.3 Å². The smallest absolute Gasteiger partial charge is 0.225 e. The van der Waals surface area contributed by atoms with Crippen LogP contribution < -0.4 is 4.74 Å². The minimum absolute atomic E-state index is 0.00412. The summed E-state index contributed by atoms with van der Waals surface area (Å²) in [4.78, 5) is 16.2. The molecule has 0 unspecified atom stereocenters. The second-order valence-corrected chi connectivity index (χ2v) is 3.62. The van der Waals surface area contributed by atoms with Crippen molar-refractivity contribution in [3.63, 3.8) is 0 Å². The first-order valence-corrected chi connectivity index (χ1v) is 5.00. The Bertz CT molecular complexity index is 590. The summed E-state index contributed by atoms with van der Waals surface area (Å²) >= 11 is 0. The van der Waals surface area contributed by atoms with Crippen LogP contribution in [-0.2, 0) is 0 Å². The number of nitrogens with zero attached hydrogens (tertiary/aromatic N) is 1. The first-order chi connectivity index (χ1) is 7.83. The number of fused-ring (bicyclic) bond motifs is 3. The van der Waals surface area contributed by atoms with Crippen LogP contribution in [0.3, 0.4) is 0 Å². The maximum absolute atomic E-state index is 12.1. The Kier molecular flexibility index (Phi) is 1.80. The van der Waals surface area contributed by atoms with Crippen LogP contribution in [0.4, 0.5) is 0 Å². The molecule has 3 nitrogen and oxygen atoms in total. The number of pyridine rings is 1. The fraction of sp³-hybridized carbons (Fsp3) is 0.0769. The van der Waals surface area contributed by atoms with Crippen LogP contribution in [0.25, 0.3) is 11.1 Å². The van der Waals surface area contributed by atoms with Crippen LogP contribution in [0.5, 0.6) is 5.88 Å². The average molecular weight is 211 g/mol. The van der Waals surface area contributed by atoms with Gasteiger partial charge in [-0.1, -0.05) is 24.3 Å². The predicted molar refractivity (Wildman–Crippen MR) is 59.7 cm³/mol. The average Bonchev–Trinajstić information content (AvgIpc) is 2.64. The van der Waals surface area contributed by atoms with Gasteiger partial charge in [-0.3, -0.25) is 4.79 Å². The molecule has 0 radical (unpaired) electrons. The highest BCUT2D eigenvalue weighted by molar-refractivity contribution is 6.22. The van der Waals surface area contributed by atoms with Gasteiger partial charge in [0.15, 0.2) is 5.78 Å². The van der Waals surface area contributed by atoms with Crippen LogP contribution >= 0.6 is 0 Å². The molecule has 0 spiro atoms. The van der Waals surface area contributed by atoms with E-state index in [4.69, 9.17) is 4.74 Å². The van der Waals surface area contributed by atoms with Crippen molar-refractivity contribution in [3.05, 3.63) is 47.7 Å². The molecule has 1 heterocycles. The van der Waals surface area contributed by atoms with Gasteiger partial charge in [0.1, 0.15) is 0 Å². The number of hydrogen-bond donors (Lipinski definition) is 0. The molecule has 1 aromatic carbocycles. The summed E-state index contributed by atoms with van der Waals surface area (Å²) in [6, 6.07) is 9.41. The first-order valence-electron chi connectivity index (χ1n) is 5.00. The number of methoxy groups -OCH3 is 1. The molecule has 2 aromatic rings. The van der Waals surface area contributed by atoms with Crippen molar-refractivity contribution in [3.8, 4) is 17.0 Å². The molecular formula is C13H9NO2. The maximum Gasteiger partial charge on any atom is 0.225 e. The molecule has 0 atom stereocenters. The van der Waals surface area contributed by atoms with Crippen molar-refractivity contribution in [1.29, 1.82) is 0 Å². The van der Waals surface area contributed by atoms with Gasteiger partial charge in [0.05, 0.1) is 12.7 Å². The lowest BCUT2D eigenvalue weighted by Crippen LogP contribution is -2.00. The summed E-state index contributed by atoms with van der Waals surface area (Å²) in [5, 5.41) is 0. The summed E-state index contributed by atoms with van der Waals surface area (Å²) in [6.45, 7) is 0. The Balaban J connectivity index is 2.37. The summed E-state index contributed by atoms with van der Waals surface area (Å²) in [6.07, 6.45) is 1.66. The topological polar surface area (TPSA) is 39.2 Å². The number of ether oxygens (including phenoxy) is 1. The summed E-state index contributed by atoms with van der Waals surface area (Å²) in [7, 11) is 1.53. The lowest BCUT2D eigenvalue weighted by molar-refractivity contribution is 0.104. The van der Waals surface area contributed by atoms with Crippen LogP contribution in [0.15, 0.2) is 36.5 Å².